The maximum atomic E-state index is 13.5. The number of pyridine rings is 2. The van der Waals surface area contributed by atoms with Gasteiger partial charge in [-0.25, -0.2) is 9.97 Å². The molecule has 5 rings (SSSR count). The number of hydrogen-bond acceptors (Lipinski definition) is 13. The number of nitrogens with zero attached hydrogens (tertiary/aromatic N) is 6. The topological polar surface area (TPSA) is 193 Å². The highest BCUT2D eigenvalue weighted by Crippen LogP contribution is 2.32. The van der Waals surface area contributed by atoms with Crippen LogP contribution in [0.2, 0.25) is 0 Å². The molecule has 0 bridgehead atoms. The molecule has 0 aromatic carbocycles. The first-order valence-electron chi connectivity index (χ1n) is 18.0. The van der Waals surface area contributed by atoms with Crippen LogP contribution in [-0.4, -0.2) is 121 Å². The van der Waals surface area contributed by atoms with Crippen LogP contribution in [0.25, 0.3) is 11.0 Å². The first kappa shape index (κ1) is 38.7. The van der Waals surface area contributed by atoms with E-state index in [1.54, 1.807) is 23.9 Å². The van der Waals surface area contributed by atoms with Crippen LogP contribution in [-0.2, 0) is 28.5 Å². The fourth-order valence-corrected chi connectivity index (χ4v) is 6.54. The van der Waals surface area contributed by atoms with Gasteiger partial charge in [0.2, 0.25) is 17.8 Å². The summed E-state index contributed by atoms with van der Waals surface area (Å²) < 4.78 is 23.3. The van der Waals surface area contributed by atoms with E-state index in [1.165, 1.54) is 6.92 Å². The number of ether oxygens (including phenoxy) is 4. The van der Waals surface area contributed by atoms with E-state index in [0.717, 1.165) is 31.4 Å². The van der Waals surface area contributed by atoms with E-state index in [1.807, 2.05) is 17.0 Å². The van der Waals surface area contributed by atoms with E-state index in [0.29, 0.717) is 114 Å². The lowest BCUT2D eigenvalue weighted by molar-refractivity contribution is -0.132. The van der Waals surface area contributed by atoms with Crippen molar-refractivity contribution in [3.05, 3.63) is 46.0 Å². The third-order valence-corrected chi connectivity index (χ3v) is 9.30. The fraction of sp³-hybridized carbons (Fsp3) is 0.583. The smallest absolute Gasteiger partial charge is 0.263 e. The summed E-state index contributed by atoms with van der Waals surface area (Å²) in [7, 11) is 0. The molecule has 0 atom stereocenters. The highest BCUT2D eigenvalue weighted by atomic mass is 16.6. The minimum atomic E-state index is -0.390. The quantitative estimate of drug-likeness (QED) is 0.128. The molecule has 1 aliphatic carbocycles. The van der Waals surface area contributed by atoms with Gasteiger partial charge in [0, 0.05) is 50.2 Å². The van der Waals surface area contributed by atoms with E-state index >= 15 is 0 Å². The number of nitrogens with two attached hydrogens (primary N) is 1. The first-order chi connectivity index (χ1) is 25.2. The monoisotopic (exact) mass is 722 g/mol. The molecule has 0 spiro atoms. The first-order valence-corrected chi connectivity index (χ1v) is 18.0. The third kappa shape index (κ3) is 10.5. The number of nitrogens with one attached hydrogen (secondary N) is 1. The van der Waals surface area contributed by atoms with Crippen molar-refractivity contribution >= 4 is 46.1 Å². The second-order valence-electron chi connectivity index (χ2n) is 12.9. The van der Waals surface area contributed by atoms with Gasteiger partial charge in [-0.3, -0.25) is 23.7 Å². The van der Waals surface area contributed by atoms with Gasteiger partial charge in [0.25, 0.3) is 5.56 Å². The summed E-state index contributed by atoms with van der Waals surface area (Å²) >= 11 is 0. The molecule has 1 aliphatic heterocycles. The van der Waals surface area contributed by atoms with Gasteiger partial charge in [0.15, 0.2) is 5.78 Å². The van der Waals surface area contributed by atoms with Gasteiger partial charge in [0.05, 0.1) is 76.7 Å². The molecule has 4 heterocycles. The third-order valence-electron chi connectivity index (χ3n) is 9.30. The van der Waals surface area contributed by atoms with Gasteiger partial charge >= 0.3 is 0 Å². The van der Waals surface area contributed by atoms with Crippen molar-refractivity contribution in [3.8, 4) is 0 Å². The predicted octanol–water partition coefficient (Wildman–Crippen LogP) is 2.54. The van der Waals surface area contributed by atoms with Crippen molar-refractivity contribution in [2.75, 3.05) is 89.3 Å². The fourth-order valence-electron chi connectivity index (χ4n) is 6.54. The Bertz CT molecular complexity index is 1720. The maximum absolute atomic E-state index is 13.5. The number of primary amides is 1. The van der Waals surface area contributed by atoms with Crippen LogP contribution in [0.5, 0.6) is 0 Å². The van der Waals surface area contributed by atoms with E-state index in [9.17, 15) is 19.2 Å². The van der Waals surface area contributed by atoms with Crippen LogP contribution in [0, 0.1) is 6.92 Å². The number of amides is 2. The molecule has 1 saturated heterocycles. The molecule has 3 N–H and O–H groups in total. The number of aryl methyl sites for hydroxylation is 1. The van der Waals surface area contributed by atoms with Gasteiger partial charge in [-0.05, 0) is 44.4 Å². The van der Waals surface area contributed by atoms with Crippen LogP contribution in [0.15, 0.2) is 29.3 Å². The molecule has 2 fully saturated rings. The molecule has 0 radical (unpaired) electrons. The number of hydrogen-bond donors (Lipinski definition) is 2. The highest BCUT2D eigenvalue weighted by Gasteiger charge is 2.26. The lowest BCUT2D eigenvalue weighted by Gasteiger charge is -2.36. The van der Waals surface area contributed by atoms with E-state index < -0.39 is 0 Å². The van der Waals surface area contributed by atoms with Crippen LogP contribution in [0.4, 0.5) is 17.5 Å². The number of piperazine rings is 1. The van der Waals surface area contributed by atoms with Gasteiger partial charge in [0.1, 0.15) is 11.5 Å². The van der Waals surface area contributed by atoms with Crippen molar-refractivity contribution < 1.29 is 33.3 Å². The van der Waals surface area contributed by atoms with Gasteiger partial charge in [-0.2, -0.15) is 4.98 Å². The number of aromatic nitrogens is 4. The Morgan fingerprint density at radius 1 is 0.846 bits per heavy atom. The lowest BCUT2D eigenvalue weighted by Crippen LogP contribution is -2.49. The molecule has 2 amide bonds. The minimum Gasteiger partial charge on any atom is -0.379 e. The number of fused-ring (bicyclic) bond motifs is 1. The Labute approximate surface area is 303 Å². The summed E-state index contributed by atoms with van der Waals surface area (Å²) in [6.07, 6.45) is 7.78. The summed E-state index contributed by atoms with van der Waals surface area (Å²) in [6, 6.07) is 3.83. The average molecular weight is 723 g/mol. The van der Waals surface area contributed by atoms with E-state index in [4.69, 9.17) is 29.7 Å². The van der Waals surface area contributed by atoms with Crippen LogP contribution in [0.1, 0.15) is 67.4 Å². The summed E-state index contributed by atoms with van der Waals surface area (Å²) in [6.45, 7) is 8.88. The highest BCUT2D eigenvalue weighted by molar-refractivity contribution is 5.99. The zero-order valence-electron chi connectivity index (χ0n) is 30.1. The summed E-state index contributed by atoms with van der Waals surface area (Å²) in [5.74, 6) is 0.298. The van der Waals surface area contributed by atoms with Gasteiger partial charge in [-0.1, -0.05) is 12.8 Å². The largest absolute Gasteiger partial charge is 0.379 e. The summed E-state index contributed by atoms with van der Waals surface area (Å²) in [4.78, 5) is 67.1. The zero-order chi connectivity index (χ0) is 36.9. The number of anilines is 3. The molecular formula is C36H50N8O8. The number of ketones is 1. The molecule has 52 heavy (non-hydrogen) atoms. The molecule has 2 aliphatic rings. The van der Waals surface area contributed by atoms with Crippen molar-refractivity contribution in [3.63, 3.8) is 0 Å². The second-order valence-corrected chi connectivity index (χ2v) is 12.9. The molecular weight excluding hydrogens is 672 g/mol. The van der Waals surface area contributed by atoms with E-state index in [-0.39, 0.29) is 41.2 Å². The van der Waals surface area contributed by atoms with Crippen molar-refractivity contribution in [2.45, 2.75) is 58.4 Å². The van der Waals surface area contributed by atoms with Crippen LogP contribution >= 0.6 is 0 Å². The van der Waals surface area contributed by atoms with Crippen LogP contribution in [0.3, 0.4) is 0 Å². The number of rotatable bonds is 20. The minimum absolute atomic E-state index is 0.00147. The second kappa shape index (κ2) is 19.4. The standard InChI is InChI=1S/C36H50N8O8/c1-25-29-24-39-36(41-34(29)44(27-5-3-4-6-27)35(48)33(25)26(2)45)40-31-8-7-28(23-38-31)42-11-13-43(14-12-42)32(47)10-16-50-18-20-52-22-21-51-19-17-49-15-9-30(37)46/h7-8,23-24,27H,3-6,9-22H2,1-2H3,(H2,37,46)(H,38,39,40,41). The lowest BCUT2D eigenvalue weighted by atomic mass is 10.0. The summed E-state index contributed by atoms with van der Waals surface area (Å²) in [5, 5.41) is 3.86. The molecule has 16 nitrogen and oxygen atoms in total. The molecule has 3 aromatic rings. The number of carbonyl (C=O) groups excluding carboxylic acids is 3. The van der Waals surface area contributed by atoms with Crippen molar-refractivity contribution in [1.29, 1.82) is 0 Å². The zero-order valence-corrected chi connectivity index (χ0v) is 30.1. The molecule has 1 saturated carbocycles. The Hall–Kier alpha value is -4.51. The normalized spacial score (nSPS) is 15.0. The molecule has 282 valence electrons. The van der Waals surface area contributed by atoms with E-state index in [2.05, 4.69) is 20.2 Å². The van der Waals surface area contributed by atoms with Gasteiger partial charge in [-0.15, -0.1) is 0 Å². The van der Waals surface area contributed by atoms with Crippen molar-refractivity contribution in [2.24, 2.45) is 5.73 Å². The Morgan fingerprint density at radius 3 is 2.04 bits per heavy atom. The Balaban J connectivity index is 1.02. The predicted molar refractivity (Wildman–Crippen MR) is 194 cm³/mol. The molecule has 16 heteroatoms. The summed E-state index contributed by atoms with van der Waals surface area (Å²) in [5.41, 5.74) is 7.04. The molecule has 3 aromatic heterocycles. The Morgan fingerprint density at radius 2 is 1.46 bits per heavy atom. The van der Waals surface area contributed by atoms with Gasteiger partial charge < -0.3 is 39.8 Å². The number of carbonyl (C=O) groups is 3. The van der Waals surface area contributed by atoms with Crippen molar-refractivity contribution in [1.82, 2.24) is 24.4 Å². The average Bonchev–Trinajstić information content (AvgIpc) is 3.66. The molecule has 0 unspecified atom stereocenters. The SMILES string of the molecule is CC(=O)c1c(C)c2cnc(Nc3ccc(N4CCN(C(=O)CCOCCOCCOCCOCCC(N)=O)CC4)cn3)nc2n(C2CCCC2)c1=O. The van der Waals surface area contributed by atoms with Crippen LogP contribution < -0.4 is 21.5 Å². The number of Topliss-reactive ketones (excluding diaryl/α,β-unsaturated/α-hetero) is 1. The Kier molecular flexibility index (Phi) is 14.4. The maximum Gasteiger partial charge on any atom is 0.263 e.